The predicted molar refractivity (Wildman–Crippen MR) is 71.5 cm³/mol. The van der Waals surface area contributed by atoms with Crippen LogP contribution in [-0.4, -0.2) is 42.4 Å². The first-order chi connectivity index (χ1) is 9.08. The van der Waals surface area contributed by atoms with Crippen LogP contribution in [0, 0.1) is 0 Å². The Hall–Kier alpha value is -1.89. The van der Waals surface area contributed by atoms with Gasteiger partial charge in [0.05, 0.1) is 4.88 Å². The highest BCUT2D eigenvalue weighted by molar-refractivity contribution is 7.14. The molecule has 1 aromatic rings. The molecule has 7 heteroatoms. The van der Waals surface area contributed by atoms with Crippen molar-refractivity contribution in [2.24, 2.45) is 0 Å². The van der Waals surface area contributed by atoms with Crippen LogP contribution in [-0.2, 0) is 6.42 Å². The average Bonchev–Trinajstić information content (AvgIpc) is 2.97. The fourth-order valence-corrected chi connectivity index (χ4v) is 2.66. The Morgan fingerprint density at radius 3 is 2.84 bits per heavy atom. The second-order valence-corrected chi connectivity index (χ2v) is 5.36. The van der Waals surface area contributed by atoms with E-state index in [1.165, 1.54) is 18.3 Å². The molecule has 6 nitrogen and oxygen atoms in total. The summed E-state index contributed by atoms with van der Waals surface area (Å²) in [6, 6.07) is 2.94. The number of hydrogen-bond donors (Lipinski definition) is 2. The smallest absolute Gasteiger partial charge is 0.325 e. The molecule has 2 heterocycles. The topological polar surface area (TPSA) is 78.5 Å². The average molecular weight is 281 g/mol. The highest BCUT2D eigenvalue weighted by Crippen LogP contribution is 2.17. The molecule has 1 aliphatic heterocycles. The quantitative estimate of drug-likeness (QED) is 0.815. The largest absolute Gasteiger partial charge is 0.337 e. The van der Waals surface area contributed by atoms with Gasteiger partial charge in [-0.3, -0.25) is 4.79 Å². The van der Waals surface area contributed by atoms with Gasteiger partial charge in [0.1, 0.15) is 0 Å². The normalized spacial score (nSPS) is 14.4. The number of thiophene rings is 1. The Balaban J connectivity index is 1.78. The van der Waals surface area contributed by atoms with E-state index in [2.05, 4.69) is 10.6 Å². The van der Waals surface area contributed by atoms with Gasteiger partial charge >= 0.3 is 12.1 Å². The van der Waals surface area contributed by atoms with E-state index in [0.29, 0.717) is 26.1 Å². The molecule has 1 aromatic heterocycles. The van der Waals surface area contributed by atoms with Crippen molar-refractivity contribution >= 4 is 29.2 Å². The van der Waals surface area contributed by atoms with Crippen LogP contribution in [0.5, 0.6) is 0 Å². The van der Waals surface area contributed by atoms with Gasteiger partial charge in [0.2, 0.25) is 0 Å². The van der Waals surface area contributed by atoms with Crippen LogP contribution >= 0.6 is 11.3 Å². The second-order valence-electron chi connectivity index (χ2n) is 4.19. The van der Waals surface area contributed by atoms with Crippen molar-refractivity contribution in [1.29, 1.82) is 0 Å². The van der Waals surface area contributed by atoms with E-state index in [1.54, 1.807) is 6.07 Å². The minimum absolute atomic E-state index is 0.0500. The first-order valence-electron chi connectivity index (χ1n) is 6.01. The number of urea groups is 2. The monoisotopic (exact) mass is 281 g/mol. The molecule has 2 N–H and O–H groups in total. The maximum atomic E-state index is 11.7. The summed E-state index contributed by atoms with van der Waals surface area (Å²) in [7, 11) is 0. The summed E-state index contributed by atoms with van der Waals surface area (Å²) in [4.78, 5) is 37.0. The van der Waals surface area contributed by atoms with E-state index in [0.717, 1.165) is 14.7 Å². The second kappa shape index (κ2) is 5.83. The van der Waals surface area contributed by atoms with E-state index < -0.39 is 0 Å². The number of amides is 4. The Bertz CT molecular complexity index is 512. The summed E-state index contributed by atoms with van der Waals surface area (Å²) < 4.78 is 0. The third-order valence-corrected chi connectivity index (χ3v) is 4.00. The van der Waals surface area contributed by atoms with E-state index in [-0.39, 0.29) is 17.8 Å². The summed E-state index contributed by atoms with van der Waals surface area (Å²) in [5.74, 6) is 0.0500. The van der Waals surface area contributed by atoms with E-state index in [9.17, 15) is 14.4 Å². The highest BCUT2D eigenvalue weighted by atomic mass is 32.1. The number of rotatable bonds is 4. The van der Waals surface area contributed by atoms with E-state index in [1.807, 2.05) is 6.07 Å². The van der Waals surface area contributed by atoms with E-state index in [4.69, 9.17) is 0 Å². The molecule has 2 rings (SSSR count). The molecule has 0 unspecified atom stereocenters. The number of carbonyl (C=O) groups excluding carboxylic acids is 3. The van der Waals surface area contributed by atoms with Crippen molar-refractivity contribution in [3.05, 3.63) is 21.9 Å². The van der Waals surface area contributed by atoms with Gasteiger partial charge < -0.3 is 10.6 Å². The molecule has 0 aromatic carbocycles. The van der Waals surface area contributed by atoms with Crippen LogP contribution in [0.1, 0.15) is 21.5 Å². The lowest BCUT2D eigenvalue weighted by atomic mass is 10.3. The lowest BCUT2D eigenvalue weighted by Crippen LogP contribution is -2.42. The Kier molecular flexibility index (Phi) is 4.16. The van der Waals surface area contributed by atoms with Crippen LogP contribution in [0.3, 0.4) is 0 Å². The van der Waals surface area contributed by atoms with Gasteiger partial charge in [-0.05, 0) is 25.5 Å². The van der Waals surface area contributed by atoms with Crippen molar-refractivity contribution < 1.29 is 14.4 Å². The number of hydrogen-bond acceptors (Lipinski definition) is 4. The number of ketones is 1. The van der Waals surface area contributed by atoms with Crippen molar-refractivity contribution in [3.63, 3.8) is 0 Å². The molecular formula is C12H15N3O3S. The van der Waals surface area contributed by atoms with Gasteiger partial charge in [-0.2, -0.15) is 0 Å². The molecule has 0 spiro atoms. The molecule has 1 saturated heterocycles. The van der Waals surface area contributed by atoms with E-state index >= 15 is 0 Å². The number of nitrogens with zero attached hydrogens (tertiary/aromatic N) is 1. The Labute approximate surface area is 114 Å². The summed E-state index contributed by atoms with van der Waals surface area (Å²) in [5.41, 5.74) is 0. The molecule has 1 fully saturated rings. The predicted octanol–water partition coefficient (Wildman–Crippen LogP) is 1.23. The van der Waals surface area contributed by atoms with Crippen molar-refractivity contribution in [1.82, 2.24) is 15.5 Å². The Morgan fingerprint density at radius 2 is 2.26 bits per heavy atom. The molecule has 0 radical (unpaired) electrons. The number of carbonyl (C=O) groups is 3. The maximum absolute atomic E-state index is 11.7. The third-order valence-electron chi connectivity index (χ3n) is 2.76. The van der Waals surface area contributed by atoms with Crippen LogP contribution < -0.4 is 10.6 Å². The summed E-state index contributed by atoms with van der Waals surface area (Å²) in [6.45, 7) is 2.88. The minimum Gasteiger partial charge on any atom is -0.337 e. The van der Waals surface area contributed by atoms with Crippen molar-refractivity contribution in [3.8, 4) is 0 Å². The molecule has 0 atom stereocenters. The van der Waals surface area contributed by atoms with Gasteiger partial charge in [0.15, 0.2) is 5.78 Å². The van der Waals surface area contributed by atoms with Crippen molar-refractivity contribution in [2.45, 2.75) is 13.3 Å². The number of Topliss-reactive ketones (excluding diaryl/α,β-unsaturated/α-hetero) is 1. The summed E-state index contributed by atoms with van der Waals surface area (Å²) in [6.07, 6.45) is 0.652. The molecular weight excluding hydrogens is 266 g/mol. The van der Waals surface area contributed by atoms with Crippen LogP contribution in [0.2, 0.25) is 0 Å². The van der Waals surface area contributed by atoms with Crippen LogP contribution in [0.15, 0.2) is 12.1 Å². The fraction of sp³-hybridized carbons (Fsp3) is 0.417. The molecule has 0 bridgehead atoms. The molecule has 1 aliphatic rings. The van der Waals surface area contributed by atoms with Crippen molar-refractivity contribution in [2.75, 3.05) is 19.6 Å². The Morgan fingerprint density at radius 1 is 1.47 bits per heavy atom. The van der Waals surface area contributed by atoms with Gasteiger partial charge in [0.25, 0.3) is 0 Å². The number of imide groups is 1. The third kappa shape index (κ3) is 3.31. The molecule has 19 heavy (non-hydrogen) atoms. The maximum Gasteiger partial charge on any atom is 0.325 e. The lowest BCUT2D eigenvalue weighted by Gasteiger charge is -2.12. The van der Waals surface area contributed by atoms with Gasteiger partial charge in [-0.1, -0.05) is 0 Å². The van der Waals surface area contributed by atoms with Gasteiger partial charge in [-0.15, -0.1) is 11.3 Å². The zero-order valence-electron chi connectivity index (χ0n) is 10.6. The van der Waals surface area contributed by atoms with Gasteiger partial charge in [0, 0.05) is 24.5 Å². The van der Waals surface area contributed by atoms with Crippen LogP contribution in [0.4, 0.5) is 9.59 Å². The fourth-order valence-electron chi connectivity index (χ4n) is 1.75. The first-order valence-corrected chi connectivity index (χ1v) is 6.82. The van der Waals surface area contributed by atoms with Gasteiger partial charge in [-0.25, -0.2) is 14.5 Å². The molecule has 0 saturated carbocycles. The molecule has 0 aliphatic carbocycles. The summed E-state index contributed by atoms with van der Waals surface area (Å²) in [5, 5.41) is 5.26. The first kappa shape index (κ1) is 13.5. The zero-order valence-corrected chi connectivity index (χ0v) is 11.4. The summed E-state index contributed by atoms with van der Waals surface area (Å²) >= 11 is 1.43. The zero-order chi connectivity index (χ0) is 13.8. The number of nitrogens with one attached hydrogen (secondary N) is 2. The highest BCUT2D eigenvalue weighted by Gasteiger charge is 2.25. The molecule has 102 valence electrons. The minimum atomic E-state index is -0.377. The SMILES string of the molecule is CC(=O)c1ccc(CCNC(=O)N2CCNC2=O)s1. The lowest BCUT2D eigenvalue weighted by molar-refractivity contribution is 0.102. The van der Waals surface area contributed by atoms with Crippen LogP contribution in [0.25, 0.3) is 0 Å². The standard InChI is InChI=1S/C12H15N3O3S/c1-8(16)10-3-2-9(19-10)4-5-13-11(17)15-7-6-14-12(15)18/h2-3H,4-7H2,1H3,(H,13,17)(H,14,18). The molecule has 4 amide bonds.